The van der Waals surface area contributed by atoms with Gasteiger partial charge in [0.25, 0.3) is 11.6 Å². The third-order valence-corrected chi connectivity index (χ3v) is 4.47. The molecule has 0 aliphatic carbocycles. The van der Waals surface area contributed by atoms with E-state index in [4.69, 9.17) is 9.15 Å². The van der Waals surface area contributed by atoms with Gasteiger partial charge >= 0.3 is 0 Å². The lowest BCUT2D eigenvalue weighted by Gasteiger charge is -2.09. The fraction of sp³-hybridized carbons (Fsp3) is 0.238. The van der Waals surface area contributed by atoms with Crippen LogP contribution in [-0.4, -0.2) is 36.1 Å². The van der Waals surface area contributed by atoms with Crippen LogP contribution in [0.4, 0.5) is 17.1 Å². The predicted octanol–water partition coefficient (Wildman–Crippen LogP) is 4.18. The van der Waals surface area contributed by atoms with Gasteiger partial charge in [-0.15, -0.1) is 0 Å². The third kappa shape index (κ3) is 4.81. The summed E-state index contributed by atoms with van der Waals surface area (Å²) in [6.45, 7) is 4.50. The molecule has 9 heteroatoms. The maximum atomic E-state index is 12.7. The number of methoxy groups -OCH3 is 1. The molecule has 30 heavy (non-hydrogen) atoms. The summed E-state index contributed by atoms with van der Waals surface area (Å²) in [5, 5.41) is 17.1. The molecule has 156 valence electrons. The van der Waals surface area contributed by atoms with E-state index < -0.39 is 10.8 Å². The Hall–Kier alpha value is -3.72. The lowest BCUT2D eigenvalue weighted by atomic mass is 10.1. The molecule has 0 unspecified atom stereocenters. The Morgan fingerprint density at radius 2 is 2.03 bits per heavy atom. The Balaban J connectivity index is 1.79. The minimum absolute atomic E-state index is 0.173. The van der Waals surface area contributed by atoms with Crippen LogP contribution in [0.15, 0.2) is 46.9 Å². The van der Waals surface area contributed by atoms with E-state index in [1.807, 2.05) is 19.9 Å². The zero-order valence-corrected chi connectivity index (χ0v) is 16.9. The lowest BCUT2D eigenvalue weighted by molar-refractivity contribution is -0.384. The Kier molecular flexibility index (Phi) is 6.43. The maximum Gasteiger partial charge on any atom is 0.293 e. The fourth-order valence-electron chi connectivity index (χ4n) is 2.79. The smallest absolute Gasteiger partial charge is 0.293 e. The molecular formula is C21H22N4O5. The van der Waals surface area contributed by atoms with Gasteiger partial charge in [-0.05, 0) is 44.2 Å². The number of aromatic nitrogens is 1. The Morgan fingerprint density at radius 1 is 1.23 bits per heavy atom. The summed E-state index contributed by atoms with van der Waals surface area (Å²) in [5.74, 6) is 0.729. The van der Waals surface area contributed by atoms with Gasteiger partial charge in [-0.1, -0.05) is 6.07 Å². The molecule has 0 aliphatic heterocycles. The van der Waals surface area contributed by atoms with Crippen molar-refractivity contribution in [3.8, 4) is 11.5 Å². The number of ether oxygens (including phenoxy) is 1. The van der Waals surface area contributed by atoms with Gasteiger partial charge in [0.15, 0.2) is 0 Å². The van der Waals surface area contributed by atoms with Crippen LogP contribution < -0.4 is 10.6 Å². The summed E-state index contributed by atoms with van der Waals surface area (Å²) in [6.07, 6.45) is 0. The zero-order chi connectivity index (χ0) is 21.7. The second-order valence-corrected chi connectivity index (χ2v) is 6.60. The van der Waals surface area contributed by atoms with Gasteiger partial charge < -0.3 is 19.8 Å². The predicted molar refractivity (Wildman–Crippen MR) is 113 cm³/mol. The van der Waals surface area contributed by atoms with Crippen LogP contribution in [-0.2, 0) is 4.74 Å². The van der Waals surface area contributed by atoms with Gasteiger partial charge in [-0.25, -0.2) is 4.98 Å². The van der Waals surface area contributed by atoms with Gasteiger partial charge in [-0.2, -0.15) is 0 Å². The SMILES string of the molecule is COCCNc1ccc(C(=O)Nc2cccc(-c3nc(C)c(C)o3)c2)cc1[N+](=O)[O-]. The van der Waals surface area contributed by atoms with E-state index >= 15 is 0 Å². The van der Waals surface area contributed by atoms with Crippen molar-refractivity contribution in [2.24, 2.45) is 0 Å². The molecule has 2 aromatic carbocycles. The molecule has 0 radical (unpaired) electrons. The van der Waals surface area contributed by atoms with Gasteiger partial charge in [-0.3, -0.25) is 14.9 Å². The summed E-state index contributed by atoms with van der Waals surface area (Å²) in [5.41, 5.74) is 2.35. The molecule has 0 spiro atoms. The van der Waals surface area contributed by atoms with Crippen LogP contribution >= 0.6 is 0 Å². The molecule has 1 amide bonds. The number of rotatable bonds is 8. The van der Waals surface area contributed by atoms with E-state index in [1.54, 1.807) is 25.3 Å². The highest BCUT2D eigenvalue weighted by Crippen LogP contribution is 2.27. The number of oxazole rings is 1. The number of carbonyl (C=O) groups is 1. The number of carbonyl (C=O) groups excluding carboxylic acids is 1. The summed E-state index contributed by atoms with van der Waals surface area (Å²) in [4.78, 5) is 27.9. The van der Waals surface area contributed by atoms with Gasteiger partial charge in [0, 0.05) is 36.5 Å². The van der Waals surface area contributed by atoms with Crippen LogP contribution in [0.2, 0.25) is 0 Å². The molecule has 0 bridgehead atoms. The average Bonchev–Trinajstić information content (AvgIpc) is 3.07. The van der Waals surface area contributed by atoms with Crippen molar-refractivity contribution in [3.05, 3.63) is 69.6 Å². The first-order valence-electron chi connectivity index (χ1n) is 9.26. The molecule has 0 atom stereocenters. The number of nitrogens with one attached hydrogen (secondary N) is 2. The van der Waals surface area contributed by atoms with Crippen LogP contribution in [0.3, 0.4) is 0 Å². The van der Waals surface area contributed by atoms with Crippen molar-refractivity contribution < 1.29 is 18.9 Å². The number of hydrogen-bond donors (Lipinski definition) is 2. The molecule has 9 nitrogen and oxygen atoms in total. The number of aryl methyl sites for hydroxylation is 2. The molecule has 1 aromatic heterocycles. The standard InChI is InChI=1S/C21H22N4O5/c1-13-14(2)30-21(23-13)16-5-4-6-17(11-16)24-20(26)15-7-8-18(22-9-10-29-3)19(12-15)25(27)28/h4-8,11-12,22H,9-10H2,1-3H3,(H,24,26). The van der Waals surface area contributed by atoms with Crippen LogP contribution in [0.5, 0.6) is 0 Å². The number of nitro benzene ring substituents is 1. The summed E-state index contributed by atoms with van der Waals surface area (Å²) < 4.78 is 10.6. The molecule has 2 N–H and O–H groups in total. The highest BCUT2D eigenvalue weighted by molar-refractivity contribution is 6.05. The topological polar surface area (TPSA) is 120 Å². The minimum Gasteiger partial charge on any atom is -0.441 e. The van der Waals surface area contributed by atoms with Crippen molar-refractivity contribution in [2.45, 2.75) is 13.8 Å². The van der Waals surface area contributed by atoms with Crippen LogP contribution in [0, 0.1) is 24.0 Å². The van der Waals surface area contributed by atoms with E-state index in [1.165, 1.54) is 18.2 Å². The van der Waals surface area contributed by atoms with E-state index in [-0.39, 0.29) is 11.3 Å². The first-order valence-corrected chi connectivity index (χ1v) is 9.26. The first kappa shape index (κ1) is 21.0. The third-order valence-electron chi connectivity index (χ3n) is 4.47. The molecular weight excluding hydrogens is 388 g/mol. The number of benzene rings is 2. The molecule has 0 aliphatic rings. The van der Waals surface area contributed by atoms with E-state index in [2.05, 4.69) is 15.6 Å². The fourth-order valence-corrected chi connectivity index (χ4v) is 2.79. The summed E-state index contributed by atoms with van der Waals surface area (Å²) in [7, 11) is 1.54. The van der Waals surface area contributed by atoms with Crippen molar-refractivity contribution >= 4 is 23.0 Å². The number of nitrogens with zero attached hydrogens (tertiary/aromatic N) is 2. The lowest BCUT2D eigenvalue weighted by Crippen LogP contribution is -2.13. The molecule has 0 saturated heterocycles. The first-order chi connectivity index (χ1) is 14.4. The van der Waals surface area contributed by atoms with E-state index in [0.717, 1.165) is 11.5 Å². The minimum atomic E-state index is -0.528. The van der Waals surface area contributed by atoms with Crippen LogP contribution in [0.25, 0.3) is 11.5 Å². The van der Waals surface area contributed by atoms with Gasteiger partial charge in [0.05, 0.1) is 17.2 Å². The average molecular weight is 410 g/mol. The Morgan fingerprint density at radius 3 is 2.70 bits per heavy atom. The summed E-state index contributed by atoms with van der Waals surface area (Å²) in [6, 6.07) is 11.3. The second kappa shape index (κ2) is 9.19. The highest BCUT2D eigenvalue weighted by Gasteiger charge is 2.18. The molecule has 1 heterocycles. The number of anilines is 2. The number of amides is 1. The quantitative estimate of drug-likeness (QED) is 0.325. The highest BCUT2D eigenvalue weighted by atomic mass is 16.6. The maximum absolute atomic E-state index is 12.7. The molecule has 3 rings (SSSR count). The van der Waals surface area contributed by atoms with Crippen LogP contribution in [0.1, 0.15) is 21.8 Å². The Bertz CT molecular complexity index is 1060. The van der Waals surface area contributed by atoms with Crippen molar-refractivity contribution in [2.75, 3.05) is 30.9 Å². The zero-order valence-electron chi connectivity index (χ0n) is 16.9. The van der Waals surface area contributed by atoms with Gasteiger partial charge in [0.2, 0.25) is 5.89 Å². The second-order valence-electron chi connectivity index (χ2n) is 6.60. The van der Waals surface area contributed by atoms with Gasteiger partial charge in [0.1, 0.15) is 11.4 Å². The number of nitro groups is 1. The van der Waals surface area contributed by atoms with Crippen molar-refractivity contribution in [1.29, 1.82) is 0 Å². The van der Waals surface area contributed by atoms with Crippen molar-refractivity contribution in [3.63, 3.8) is 0 Å². The van der Waals surface area contributed by atoms with Crippen molar-refractivity contribution in [1.82, 2.24) is 4.98 Å². The Labute approximate surface area is 173 Å². The molecule has 3 aromatic rings. The number of hydrogen-bond acceptors (Lipinski definition) is 7. The van der Waals surface area contributed by atoms with E-state index in [9.17, 15) is 14.9 Å². The molecule has 0 saturated carbocycles. The summed E-state index contributed by atoms with van der Waals surface area (Å²) >= 11 is 0. The normalized spacial score (nSPS) is 10.6. The molecule has 0 fully saturated rings. The largest absolute Gasteiger partial charge is 0.441 e. The van der Waals surface area contributed by atoms with E-state index in [0.29, 0.717) is 36.0 Å². The monoisotopic (exact) mass is 410 g/mol.